The summed E-state index contributed by atoms with van der Waals surface area (Å²) in [6.45, 7) is 11.0. The van der Waals surface area contributed by atoms with Crippen LogP contribution in [0.2, 0.25) is 0 Å². The maximum Gasteiger partial charge on any atom is 0.118 e. The Labute approximate surface area is 123 Å². The number of allylic oxidation sites excluding steroid dienone is 1. The van der Waals surface area contributed by atoms with Crippen molar-refractivity contribution in [1.82, 2.24) is 0 Å². The zero-order valence-electron chi connectivity index (χ0n) is 13.3. The number of hydrogen-bond acceptors (Lipinski definition) is 2. The van der Waals surface area contributed by atoms with Crippen molar-refractivity contribution in [3.63, 3.8) is 0 Å². The maximum absolute atomic E-state index is 6.04. The van der Waals surface area contributed by atoms with E-state index in [2.05, 4.69) is 39.5 Å². The van der Waals surface area contributed by atoms with Crippen molar-refractivity contribution in [2.75, 3.05) is 7.11 Å². The molecule has 20 heavy (non-hydrogen) atoms. The molecule has 0 amide bonds. The smallest absolute Gasteiger partial charge is 0.118 e. The highest BCUT2D eigenvalue weighted by molar-refractivity contribution is 5.26. The fourth-order valence-corrected chi connectivity index (χ4v) is 2.04. The van der Waals surface area contributed by atoms with Crippen LogP contribution >= 0.6 is 0 Å². The lowest BCUT2D eigenvalue weighted by Gasteiger charge is -2.26. The first-order chi connectivity index (χ1) is 9.46. The summed E-state index contributed by atoms with van der Waals surface area (Å²) in [5, 5.41) is 0. The largest absolute Gasteiger partial charge is 0.497 e. The van der Waals surface area contributed by atoms with Gasteiger partial charge in [-0.3, -0.25) is 0 Å². The number of methoxy groups -OCH3 is 1. The van der Waals surface area contributed by atoms with Crippen LogP contribution in [0.5, 0.6) is 5.75 Å². The lowest BCUT2D eigenvalue weighted by atomic mass is 9.96. The van der Waals surface area contributed by atoms with Crippen LogP contribution in [0, 0.1) is 5.92 Å². The van der Waals surface area contributed by atoms with Gasteiger partial charge in [0.25, 0.3) is 0 Å². The van der Waals surface area contributed by atoms with Crippen LogP contribution in [-0.2, 0) is 11.3 Å². The monoisotopic (exact) mass is 276 g/mol. The van der Waals surface area contributed by atoms with Crippen LogP contribution in [0.25, 0.3) is 0 Å². The topological polar surface area (TPSA) is 18.5 Å². The number of rotatable bonds is 9. The predicted molar refractivity (Wildman–Crippen MR) is 85.1 cm³/mol. The lowest BCUT2D eigenvalue weighted by Crippen LogP contribution is -2.24. The average molecular weight is 276 g/mol. The van der Waals surface area contributed by atoms with E-state index in [0.29, 0.717) is 12.5 Å². The Morgan fingerprint density at radius 2 is 1.90 bits per heavy atom. The quantitative estimate of drug-likeness (QED) is 0.592. The molecule has 0 N–H and O–H groups in total. The van der Waals surface area contributed by atoms with Crippen molar-refractivity contribution < 1.29 is 9.47 Å². The van der Waals surface area contributed by atoms with Gasteiger partial charge in [-0.25, -0.2) is 0 Å². The van der Waals surface area contributed by atoms with Gasteiger partial charge in [-0.1, -0.05) is 31.6 Å². The molecule has 1 unspecified atom stereocenters. The van der Waals surface area contributed by atoms with Crippen LogP contribution < -0.4 is 4.74 Å². The fourth-order valence-electron chi connectivity index (χ4n) is 2.04. The second kappa shape index (κ2) is 8.11. The molecule has 0 aliphatic heterocycles. The zero-order chi connectivity index (χ0) is 15.0. The number of benzene rings is 1. The molecule has 0 bridgehead atoms. The molecule has 1 atom stereocenters. The third kappa shape index (κ3) is 6.25. The summed E-state index contributed by atoms with van der Waals surface area (Å²) in [6, 6.07) is 8.04. The Balaban J connectivity index is 2.35. The molecule has 0 aliphatic carbocycles. The Kier molecular flexibility index (Phi) is 6.80. The van der Waals surface area contributed by atoms with E-state index in [1.165, 1.54) is 18.4 Å². The summed E-state index contributed by atoms with van der Waals surface area (Å²) in [4.78, 5) is 0. The highest BCUT2D eigenvalue weighted by Gasteiger charge is 2.18. The summed E-state index contributed by atoms with van der Waals surface area (Å²) in [6.07, 6.45) is 5.44. The summed E-state index contributed by atoms with van der Waals surface area (Å²) in [5.74, 6) is 1.47. The normalized spacial score (nSPS) is 13.0. The highest BCUT2D eigenvalue weighted by atomic mass is 16.5. The van der Waals surface area contributed by atoms with Crippen molar-refractivity contribution in [2.45, 2.75) is 52.2 Å². The molecule has 0 heterocycles. The Morgan fingerprint density at radius 3 is 2.45 bits per heavy atom. The molecule has 0 aliphatic rings. The van der Waals surface area contributed by atoms with Crippen LogP contribution in [-0.4, -0.2) is 12.7 Å². The van der Waals surface area contributed by atoms with Gasteiger partial charge in [0.05, 0.1) is 19.3 Å². The molecule has 0 saturated heterocycles. The maximum atomic E-state index is 6.04. The van der Waals surface area contributed by atoms with E-state index in [9.17, 15) is 0 Å². The molecule has 0 saturated carbocycles. The van der Waals surface area contributed by atoms with Gasteiger partial charge in [0.2, 0.25) is 0 Å². The third-order valence-corrected chi connectivity index (χ3v) is 3.63. The Morgan fingerprint density at radius 1 is 1.25 bits per heavy atom. The average Bonchev–Trinajstić information content (AvgIpc) is 2.45. The van der Waals surface area contributed by atoms with Crippen LogP contribution in [0.1, 0.15) is 45.6 Å². The zero-order valence-corrected chi connectivity index (χ0v) is 13.3. The second-order valence-electron chi connectivity index (χ2n) is 6.00. The third-order valence-electron chi connectivity index (χ3n) is 3.63. The lowest BCUT2D eigenvalue weighted by molar-refractivity contribution is -0.0367. The van der Waals surface area contributed by atoms with Gasteiger partial charge in [0.1, 0.15) is 5.75 Å². The van der Waals surface area contributed by atoms with E-state index < -0.39 is 0 Å². The molecule has 2 nitrogen and oxygen atoms in total. The summed E-state index contributed by atoms with van der Waals surface area (Å²) in [7, 11) is 1.68. The minimum absolute atomic E-state index is 0.0825. The minimum atomic E-state index is -0.0825. The molecule has 1 rings (SSSR count). The van der Waals surface area contributed by atoms with Gasteiger partial charge in [-0.2, -0.15) is 0 Å². The van der Waals surface area contributed by atoms with Crippen molar-refractivity contribution in [2.24, 2.45) is 5.92 Å². The molecular formula is C18H28O2. The van der Waals surface area contributed by atoms with E-state index in [0.717, 1.165) is 12.2 Å². The van der Waals surface area contributed by atoms with E-state index in [4.69, 9.17) is 9.47 Å². The van der Waals surface area contributed by atoms with E-state index >= 15 is 0 Å². The number of hydrogen-bond donors (Lipinski definition) is 0. The Bertz CT molecular complexity index is 392. The first-order valence-electron chi connectivity index (χ1n) is 7.36. The van der Waals surface area contributed by atoms with E-state index in [1.807, 2.05) is 18.2 Å². The van der Waals surface area contributed by atoms with Gasteiger partial charge < -0.3 is 9.47 Å². The molecule has 0 radical (unpaired) electrons. The summed E-state index contributed by atoms with van der Waals surface area (Å²) in [5.41, 5.74) is 1.10. The van der Waals surface area contributed by atoms with Gasteiger partial charge in [-0.15, -0.1) is 6.58 Å². The second-order valence-corrected chi connectivity index (χ2v) is 6.00. The minimum Gasteiger partial charge on any atom is -0.497 e. The fraction of sp³-hybridized carbons (Fsp3) is 0.556. The van der Waals surface area contributed by atoms with Crippen LogP contribution in [0.4, 0.5) is 0 Å². The summed E-state index contributed by atoms with van der Waals surface area (Å²) < 4.78 is 11.2. The molecule has 0 aromatic heterocycles. The summed E-state index contributed by atoms with van der Waals surface area (Å²) >= 11 is 0. The SMILES string of the molecule is C=CC(C)CCCC(C)(C)OCc1ccc(OC)cc1. The van der Waals surface area contributed by atoms with Crippen molar-refractivity contribution in [1.29, 1.82) is 0 Å². The standard InChI is InChI=1S/C18H28O2/c1-6-15(2)8-7-13-18(3,4)20-14-16-9-11-17(19-5)12-10-16/h6,9-12,15H,1,7-8,13-14H2,2-5H3. The van der Waals surface area contributed by atoms with Gasteiger partial charge in [0.15, 0.2) is 0 Å². The van der Waals surface area contributed by atoms with Gasteiger partial charge >= 0.3 is 0 Å². The van der Waals surface area contributed by atoms with Crippen LogP contribution in [0.15, 0.2) is 36.9 Å². The van der Waals surface area contributed by atoms with Crippen LogP contribution in [0.3, 0.4) is 0 Å². The Hall–Kier alpha value is -1.28. The highest BCUT2D eigenvalue weighted by Crippen LogP contribution is 2.22. The molecule has 0 spiro atoms. The number of ether oxygens (including phenoxy) is 2. The molecule has 1 aromatic carbocycles. The van der Waals surface area contributed by atoms with E-state index in [-0.39, 0.29) is 5.60 Å². The first kappa shape index (κ1) is 16.8. The van der Waals surface area contributed by atoms with Gasteiger partial charge in [0, 0.05) is 0 Å². The molecule has 112 valence electrons. The predicted octanol–water partition coefficient (Wildman–Crippen LogP) is 4.98. The van der Waals surface area contributed by atoms with Crippen molar-refractivity contribution in [3.8, 4) is 5.75 Å². The van der Waals surface area contributed by atoms with E-state index in [1.54, 1.807) is 7.11 Å². The molecule has 1 aromatic rings. The molecule has 2 heteroatoms. The van der Waals surface area contributed by atoms with Gasteiger partial charge in [-0.05, 0) is 50.3 Å². The molecular weight excluding hydrogens is 248 g/mol. The molecule has 0 fully saturated rings. The first-order valence-corrected chi connectivity index (χ1v) is 7.36. The van der Waals surface area contributed by atoms with Crippen molar-refractivity contribution >= 4 is 0 Å². The van der Waals surface area contributed by atoms with Crippen molar-refractivity contribution in [3.05, 3.63) is 42.5 Å².